The molecule has 7 heteroatoms. The first-order chi connectivity index (χ1) is 13.3. The van der Waals surface area contributed by atoms with Crippen LogP contribution in [-0.4, -0.2) is 22.6 Å². The fourth-order valence-corrected chi connectivity index (χ4v) is 4.58. The quantitative estimate of drug-likeness (QED) is 0.684. The smallest absolute Gasteiger partial charge is 0.263 e. The highest BCUT2D eigenvalue weighted by Gasteiger charge is 2.24. The first-order valence-electron chi connectivity index (χ1n) is 9.28. The van der Waals surface area contributed by atoms with Crippen LogP contribution >= 0.6 is 11.3 Å². The van der Waals surface area contributed by atoms with Crippen molar-refractivity contribution in [1.82, 2.24) is 9.55 Å². The fraction of sp³-hybridized carbons (Fsp3) is 0.381. The number of carbonyl (C=O) groups excluding carboxylic acids is 1. The summed E-state index contributed by atoms with van der Waals surface area (Å²) in [6.45, 7) is 7.62. The molecule has 6 nitrogen and oxygen atoms in total. The van der Waals surface area contributed by atoms with Gasteiger partial charge in [-0.25, -0.2) is 4.98 Å². The molecule has 148 valence electrons. The van der Waals surface area contributed by atoms with Crippen LogP contribution in [0.3, 0.4) is 0 Å². The molecule has 0 radical (unpaired) electrons. The molecule has 3 aromatic rings. The number of aryl methyl sites for hydroxylation is 3. The van der Waals surface area contributed by atoms with Crippen LogP contribution in [-0.2, 0) is 11.2 Å². The molecular formula is C21H25N3O3S. The van der Waals surface area contributed by atoms with Crippen LogP contribution in [0.25, 0.3) is 21.3 Å². The number of aromatic nitrogens is 2. The summed E-state index contributed by atoms with van der Waals surface area (Å²) in [7, 11) is 1.64. The Balaban J connectivity index is 2.36. The van der Waals surface area contributed by atoms with Gasteiger partial charge >= 0.3 is 0 Å². The van der Waals surface area contributed by atoms with Gasteiger partial charge in [0.2, 0.25) is 5.91 Å². The third-order valence-electron chi connectivity index (χ3n) is 4.96. The van der Waals surface area contributed by atoms with E-state index in [1.165, 1.54) is 15.9 Å². The number of methoxy groups -OCH3 is 1. The molecule has 2 heterocycles. The van der Waals surface area contributed by atoms with Gasteiger partial charge in [0.15, 0.2) is 0 Å². The largest absolute Gasteiger partial charge is 0.496 e. The molecule has 2 N–H and O–H groups in total. The molecule has 0 fully saturated rings. The van der Waals surface area contributed by atoms with Crippen molar-refractivity contribution >= 4 is 27.5 Å². The molecule has 0 aliphatic rings. The molecule has 1 aromatic carbocycles. The van der Waals surface area contributed by atoms with E-state index in [0.717, 1.165) is 33.7 Å². The Labute approximate surface area is 168 Å². The van der Waals surface area contributed by atoms with E-state index in [2.05, 4.69) is 0 Å². The molecule has 1 unspecified atom stereocenters. The highest BCUT2D eigenvalue weighted by molar-refractivity contribution is 7.19. The number of fused-ring (bicyclic) bond motifs is 1. The summed E-state index contributed by atoms with van der Waals surface area (Å²) in [5, 5.41) is 0.542. The zero-order valence-corrected chi connectivity index (χ0v) is 17.6. The maximum atomic E-state index is 13.5. The second-order valence-electron chi connectivity index (χ2n) is 6.93. The number of primary amides is 1. The Bertz CT molecular complexity index is 1110. The summed E-state index contributed by atoms with van der Waals surface area (Å²) in [5.41, 5.74) is 8.08. The second kappa shape index (κ2) is 7.75. The topological polar surface area (TPSA) is 87.2 Å². The van der Waals surface area contributed by atoms with Crippen LogP contribution in [0.15, 0.2) is 23.0 Å². The lowest BCUT2D eigenvalue weighted by molar-refractivity contribution is -0.120. The van der Waals surface area contributed by atoms with Crippen molar-refractivity contribution in [2.45, 2.75) is 46.6 Å². The lowest BCUT2D eigenvalue weighted by Crippen LogP contribution is -2.35. The molecule has 0 spiro atoms. The Morgan fingerprint density at radius 1 is 1.36 bits per heavy atom. The highest BCUT2D eigenvalue weighted by Crippen LogP contribution is 2.37. The number of rotatable bonds is 6. The molecular weight excluding hydrogens is 374 g/mol. The van der Waals surface area contributed by atoms with E-state index < -0.39 is 11.9 Å². The molecule has 3 rings (SSSR count). The Morgan fingerprint density at radius 3 is 2.64 bits per heavy atom. The molecule has 0 aliphatic carbocycles. The number of nitrogens with two attached hydrogens (primary N) is 1. The monoisotopic (exact) mass is 399 g/mol. The van der Waals surface area contributed by atoms with E-state index in [4.69, 9.17) is 15.5 Å². The average Bonchev–Trinajstić information content (AvgIpc) is 2.97. The van der Waals surface area contributed by atoms with Crippen LogP contribution in [0.2, 0.25) is 0 Å². The molecule has 0 bridgehead atoms. The predicted octanol–water partition coefficient (Wildman–Crippen LogP) is 3.75. The van der Waals surface area contributed by atoms with Gasteiger partial charge in [0.25, 0.3) is 5.56 Å². The normalized spacial score (nSPS) is 12.3. The number of hydrogen-bond acceptors (Lipinski definition) is 5. The van der Waals surface area contributed by atoms with E-state index in [1.54, 1.807) is 14.0 Å². The average molecular weight is 400 g/mol. The first kappa shape index (κ1) is 20.1. The van der Waals surface area contributed by atoms with Gasteiger partial charge in [-0.15, -0.1) is 11.3 Å². The number of benzene rings is 1. The van der Waals surface area contributed by atoms with Crippen molar-refractivity contribution in [3.05, 3.63) is 44.8 Å². The minimum absolute atomic E-state index is 0.215. The summed E-state index contributed by atoms with van der Waals surface area (Å²) < 4.78 is 6.81. The number of nitrogens with zero attached hydrogens (tertiary/aromatic N) is 2. The number of hydrogen-bond donors (Lipinski definition) is 1. The van der Waals surface area contributed by atoms with Gasteiger partial charge in [-0.1, -0.05) is 13.0 Å². The van der Waals surface area contributed by atoms with Gasteiger partial charge in [-0.05, 0) is 50.5 Å². The lowest BCUT2D eigenvalue weighted by Gasteiger charge is -2.17. The van der Waals surface area contributed by atoms with E-state index in [9.17, 15) is 9.59 Å². The third-order valence-corrected chi connectivity index (χ3v) is 5.96. The van der Waals surface area contributed by atoms with Crippen molar-refractivity contribution in [3.63, 3.8) is 0 Å². The Hall–Kier alpha value is -2.67. The predicted molar refractivity (Wildman–Crippen MR) is 113 cm³/mol. The Morgan fingerprint density at radius 2 is 2.07 bits per heavy atom. The van der Waals surface area contributed by atoms with E-state index in [-0.39, 0.29) is 5.56 Å². The molecule has 28 heavy (non-hydrogen) atoms. The molecule has 2 aromatic heterocycles. The minimum atomic E-state index is -0.753. The summed E-state index contributed by atoms with van der Waals surface area (Å²) >= 11 is 1.50. The number of carbonyl (C=O) groups is 1. The molecule has 1 amide bonds. The highest BCUT2D eigenvalue weighted by atomic mass is 32.1. The maximum Gasteiger partial charge on any atom is 0.263 e. The summed E-state index contributed by atoms with van der Waals surface area (Å²) in [5.74, 6) is 0.850. The maximum absolute atomic E-state index is 13.5. The molecule has 0 saturated carbocycles. The minimum Gasteiger partial charge on any atom is -0.496 e. The van der Waals surface area contributed by atoms with Crippen molar-refractivity contribution in [3.8, 4) is 16.9 Å². The van der Waals surface area contributed by atoms with Gasteiger partial charge in [-0.3, -0.25) is 14.2 Å². The van der Waals surface area contributed by atoms with Gasteiger partial charge in [-0.2, -0.15) is 0 Å². The van der Waals surface area contributed by atoms with Gasteiger partial charge in [0, 0.05) is 16.9 Å². The van der Waals surface area contributed by atoms with Gasteiger partial charge in [0.1, 0.15) is 22.4 Å². The van der Waals surface area contributed by atoms with Crippen LogP contribution in [0, 0.1) is 13.8 Å². The van der Waals surface area contributed by atoms with Crippen molar-refractivity contribution in [2.75, 3.05) is 7.11 Å². The molecule has 0 aliphatic heterocycles. The van der Waals surface area contributed by atoms with Crippen LogP contribution in [0.5, 0.6) is 5.75 Å². The first-order valence-corrected chi connectivity index (χ1v) is 10.1. The third kappa shape index (κ3) is 3.30. The van der Waals surface area contributed by atoms with Crippen LogP contribution < -0.4 is 16.0 Å². The van der Waals surface area contributed by atoms with E-state index >= 15 is 0 Å². The zero-order chi connectivity index (χ0) is 20.6. The SMILES string of the molecule is CCCc1nc2sc(C)c(-c3ccc(OC)c(C)c3)c2c(=O)n1C(C)C(N)=O. The number of ether oxygens (including phenoxy) is 1. The Kier molecular flexibility index (Phi) is 5.56. The fourth-order valence-electron chi connectivity index (χ4n) is 3.52. The van der Waals surface area contributed by atoms with E-state index in [1.807, 2.05) is 39.0 Å². The lowest BCUT2D eigenvalue weighted by atomic mass is 10.0. The number of thiophene rings is 1. The molecule has 1 atom stereocenters. The standard InChI is InChI=1S/C21H25N3O3S/c1-6-7-16-23-20-18(21(26)24(16)12(3)19(22)25)17(13(4)28-20)14-8-9-15(27-5)11(2)10-14/h8-10,12H,6-7H2,1-5H3,(H2,22,25). The van der Waals surface area contributed by atoms with Gasteiger partial charge < -0.3 is 10.5 Å². The van der Waals surface area contributed by atoms with Crippen molar-refractivity contribution < 1.29 is 9.53 Å². The summed E-state index contributed by atoms with van der Waals surface area (Å²) in [6.07, 6.45) is 1.43. The molecule has 0 saturated heterocycles. The zero-order valence-electron chi connectivity index (χ0n) is 16.8. The summed E-state index contributed by atoms with van der Waals surface area (Å²) in [6, 6.07) is 5.10. The van der Waals surface area contributed by atoms with Gasteiger partial charge in [0.05, 0.1) is 12.5 Å². The number of amides is 1. The second-order valence-corrected chi connectivity index (χ2v) is 8.13. The van der Waals surface area contributed by atoms with E-state index in [0.29, 0.717) is 22.5 Å². The summed E-state index contributed by atoms with van der Waals surface area (Å²) in [4.78, 5) is 31.8. The van der Waals surface area contributed by atoms with Crippen LogP contribution in [0.4, 0.5) is 0 Å². The van der Waals surface area contributed by atoms with Crippen LogP contribution in [0.1, 0.15) is 42.6 Å². The van der Waals surface area contributed by atoms with Crippen molar-refractivity contribution in [1.29, 1.82) is 0 Å². The van der Waals surface area contributed by atoms with Crippen molar-refractivity contribution in [2.24, 2.45) is 5.73 Å².